The van der Waals surface area contributed by atoms with Gasteiger partial charge in [-0.1, -0.05) is 13.8 Å². The number of benzene rings is 1. The van der Waals surface area contributed by atoms with Crippen LogP contribution >= 0.6 is 0 Å². The third-order valence-electron chi connectivity index (χ3n) is 4.04. The maximum Gasteiger partial charge on any atom is 0.254 e. The summed E-state index contributed by atoms with van der Waals surface area (Å²) in [6.45, 7) is 6.51. The number of H-pyrrole nitrogens is 1. The average molecular weight is 300 g/mol. The molecule has 0 atom stereocenters. The monoisotopic (exact) mass is 300 g/mol. The minimum Gasteiger partial charge on any atom is -0.342 e. The summed E-state index contributed by atoms with van der Waals surface area (Å²) in [5.41, 5.74) is 2.43. The number of carbonyl (C=O) groups is 2. The molecule has 0 bridgehead atoms. The second kappa shape index (κ2) is 5.79. The van der Waals surface area contributed by atoms with Gasteiger partial charge in [0.1, 0.15) is 5.82 Å². The van der Waals surface area contributed by atoms with Gasteiger partial charge >= 0.3 is 0 Å². The quantitative estimate of drug-likeness (QED) is 0.875. The van der Waals surface area contributed by atoms with Gasteiger partial charge in [-0.2, -0.15) is 0 Å². The molecule has 2 aromatic rings. The van der Waals surface area contributed by atoms with E-state index in [1.807, 2.05) is 18.2 Å². The molecule has 0 aliphatic carbocycles. The van der Waals surface area contributed by atoms with Crippen LogP contribution in [0.1, 0.15) is 35.9 Å². The number of hydrogen-bond acceptors (Lipinski definition) is 3. The number of carbonyl (C=O) groups excluding carboxylic acids is 2. The van der Waals surface area contributed by atoms with Crippen LogP contribution in [0.4, 0.5) is 0 Å². The lowest BCUT2D eigenvalue weighted by molar-refractivity contribution is -0.119. The summed E-state index contributed by atoms with van der Waals surface area (Å²) >= 11 is 0. The Morgan fingerprint density at radius 2 is 2.00 bits per heavy atom. The molecule has 6 heteroatoms. The van der Waals surface area contributed by atoms with E-state index in [2.05, 4.69) is 23.8 Å². The zero-order chi connectivity index (χ0) is 15.7. The Bertz CT molecular complexity index is 699. The summed E-state index contributed by atoms with van der Waals surface area (Å²) in [5.74, 6) is 1.26. The molecule has 1 aromatic heterocycles. The van der Waals surface area contributed by atoms with Gasteiger partial charge in [0.15, 0.2) is 0 Å². The lowest BCUT2D eigenvalue weighted by Crippen LogP contribution is -2.48. The summed E-state index contributed by atoms with van der Waals surface area (Å²) < 4.78 is 0. The number of fused-ring (bicyclic) bond motifs is 1. The highest BCUT2D eigenvalue weighted by atomic mass is 16.2. The standard InChI is InChI=1S/C16H20N4O2/c1-11(2)15-17-13-4-3-12(9-14(13)18-15)16(22)20-7-5-19(10-21)6-8-20/h3-4,9-11H,5-8H2,1-2H3,(H,17,18). The van der Waals surface area contributed by atoms with Crippen LogP contribution in [0.2, 0.25) is 0 Å². The number of imidazole rings is 1. The lowest BCUT2D eigenvalue weighted by Gasteiger charge is -2.32. The second-order valence-corrected chi connectivity index (χ2v) is 5.94. The predicted molar refractivity (Wildman–Crippen MR) is 83.7 cm³/mol. The smallest absolute Gasteiger partial charge is 0.254 e. The highest BCUT2D eigenvalue weighted by Crippen LogP contribution is 2.19. The van der Waals surface area contributed by atoms with E-state index >= 15 is 0 Å². The van der Waals surface area contributed by atoms with E-state index < -0.39 is 0 Å². The normalized spacial score (nSPS) is 15.6. The van der Waals surface area contributed by atoms with Crippen molar-refractivity contribution in [1.82, 2.24) is 19.8 Å². The molecule has 1 saturated heterocycles. The van der Waals surface area contributed by atoms with Crippen LogP contribution in [0.5, 0.6) is 0 Å². The Kier molecular flexibility index (Phi) is 3.83. The third kappa shape index (κ3) is 2.68. The van der Waals surface area contributed by atoms with Crippen molar-refractivity contribution < 1.29 is 9.59 Å². The van der Waals surface area contributed by atoms with Crippen molar-refractivity contribution in [1.29, 1.82) is 0 Å². The Hall–Kier alpha value is -2.37. The summed E-state index contributed by atoms with van der Waals surface area (Å²) in [6.07, 6.45) is 0.839. The molecule has 1 N–H and O–H groups in total. The van der Waals surface area contributed by atoms with Gasteiger partial charge in [-0.15, -0.1) is 0 Å². The summed E-state index contributed by atoms with van der Waals surface area (Å²) in [4.78, 5) is 34.6. The van der Waals surface area contributed by atoms with Crippen LogP contribution in [0.15, 0.2) is 18.2 Å². The number of piperazine rings is 1. The zero-order valence-corrected chi connectivity index (χ0v) is 12.9. The summed E-state index contributed by atoms with van der Waals surface area (Å²) in [5, 5.41) is 0. The Labute approximate surface area is 129 Å². The summed E-state index contributed by atoms with van der Waals surface area (Å²) in [6, 6.07) is 5.57. The van der Waals surface area contributed by atoms with E-state index in [0.717, 1.165) is 23.3 Å². The van der Waals surface area contributed by atoms with Crippen LogP contribution in [0.25, 0.3) is 11.0 Å². The predicted octanol–water partition coefficient (Wildman–Crippen LogP) is 1.60. The number of aromatic nitrogens is 2. The Balaban J connectivity index is 1.80. The maximum atomic E-state index is 12.6. The second-order valence-electron chi connectivity index (χ2n) is 5.94. The van der Waals surface area contributed by atoms with E-state index in [1.165, 1.54) is 0 Å². The largest absolute Gasteiger partial charge is 0.342 e. The Morgan fingerprint density at radius 3 is 2.64 bits per heavy atom. The molecule has 0 spiro atoms. The number of hydrogen-bond donors (Lipinski definition) is 1. The van der Waals surface area contributed by atoms with Crippen LogP contribution in [-0.4, -0.2) is 58.3 Å². The van der Waals surface area contributed by atoms with Gasteiger partial charge in [0.25, 0.3) is 5.91 Å². The molecule has 6 nitrogen and oxygen atoms in total. The highest BCUT2D eigenvalue weighted by molar-refractivity contribution is 5.97. The molecule has 0 unspecified atom stereocenters. The van der Waals surface area contributed by atoms with Gasteiger partial charge in [-0.05, 0) is 18.2 Å². The topological polar surface area (TPSA) is 69.3 Å². The molecule has 1 aliphatic heterocycles. The molecule has 2 amide bonds. The Morgan fingerprint density at radius 1 is 1.27 bits per heavy atom. The zero-order valence-electron chi connectivity index (χ0n) is 12.9. The third-order valence-corrected chi connectivity index (χ3v) is 4.04. The molecular formula is C16H20N4O2. The van der Waals surface area contributed by atoms with Gasteiger partial charge in [-0.25, -0.2) is 4.98 Å². The lowest BCUT2D eigenvalue weighted by atomic mass is 10.1. The number of nitrogens with one attached hydrogen (secondary N) is 1. The van der Waals surface area contributed by atoms with Crippen LogP contribution in [0, 0.1) is 0 Å². The van der Waals surface area contributed by atoms with Crippen LogP contribution in [0.3, 0.4) is 0 Å². The molecule has 1 aromatic carbocycles. The maximum absolute atomic E-state index is 12.6. The van der Waals surface area contributed by atoms with Crippen molar-refractivity contribution in [3.63, 3.8) is 0 Å². The first kappa shape index (κ1) is 14.6. The molecule has 1 aliphatic rings. The van der Waals surface area contributed by atoms with Gasteiger partial charge in [0.2, 0.25) is 6.41 Å². The number of rotatable bonds is 3. The van der Waals surface area contributed by atoms with E-state index in [1.54, 1.807) is 9.80 Å². The fourth-order valence-electron chi connectivity index (χ4n) is 2.65. The first-order valence-electron chi connectivity index (χ1n) is 7.57. The SMILES string of the molecule is CC(C)c1nc2ccc(C(=O)N3CCN(C=O)CC3)cc2[nH]1. The molecule has 2 heterocycles. The first-order chi connectivity index (χ1) is 10.6. The van der Waals surface area contributed by atoms with E-state index in [-0.39, 0.29) is 5.91 Å². The van der Waals surface area contributed by atoms with Gasteiger partial charge < -0.3 is 14.8 Å². The van der Waals surface area contributed by atoms with Crippen molar-refractivity contribution in [2.75, 3.05) is 26.2 Å². The van der Waals surface area contributed by atoms with Crippen molar-refractivity contribution in [3.8, 4) is 0 Å². The van der Waals surface area contributed by atoms with E-state index in [4.69, 9.17) is 0 Å². The van der Waals surface area contributed by atoms with Crippen molar-refractivity contribution in [2.45, 2.75) is 19.8 Å². The minimum absolute atomic E-state index is 0.00754. The van der Waals surface area contributed by atoms with Crippen molar-refractivity contribution >= 4 is 23.4 Å². The number of amides is 2. The van der Waals surface area contributed by atoms with Crippen LogP contribution in [-0.2, 0) is 4.79 Å². The molecule has 0 saturated carbocycles. The highest BCUT2D eigenvalue weighted by Gasteiger charge is 2.21. The van der Waals surface area contributed by atoms with Gasteiger partial charge in [0.05, 0.1) is 11.0 Å². The molecule has 22 heavy (non-hydrogen) atoms. The van der Waals surface area contributed by atoms with E-state index in [9.17, 15) is 9.59 Å². The fraction of sp³-hybridized carbons (Fsp3) is 0.438. The first-order valence-corrected chi connectivity index (χ1v) is 7.57. The number of aromatic amines is 1. The molecule has 0 radical (unpaired) electrons. The fourth-order valence-corrected chi connectivity index (χ4v) is 2.65. The molecular weight excluding hydrogens is 280 g/mol. The van der Waals surface area contributed by atoms with Crippen LogP contribution < -0.4 is 0 Å². The van der Waals surface area contributed by atoms with Crippen molar-refractivity contribution in [3.05, 3.63) is 29.6 Å². The number of nitrogens with zero attached hydrogens (tertiary/aromatic N) is 3. The van der Waals surface area contributed by atoms with Crippen molar-refractivity contribution in [2.24, 2.45) is 0 Å². The minimum atomic E-state index is 0.00754. The van der Waals surface area contributed by atoms with E-state index in [0.29, 0.717) is 37.7 Å². The average Bonchev–Trinajstić information content (AvgIpc) is 2.97. The van der Waals surface area contributed by atoms with Gasteiger partial charge in [-0.3, -0.25) is 9.59 Å². The molecule has 116 valence electrons. The summed E-state index contributed by atoms with van der Waals surface area (Å²) in [7, 11) is 0. The molecule has 3 rings (SSSR count). The molecule has 1 fully saturated rings. The van der Waals surface area contributed by atoms with Gasteiger partial charge in [0, 0.05) is 37.7 Å².